The van der Waals surface area contributed by atoms with Crippen LogP contribution in [0.25, 0.3) is 0 Å². The summed E-state index contributed by atoms with van der Waals surface area (Å²) in [4.78, 5) is 4.98. The maximum Gasteiger partial charge on any atom is 0.145 e. The molecule has 0 bridgehead atoms. The van der Waals surface area contributed by atoms with Crippen LogP contribution in [0.3, 0.4) is 0 Å². The topological polar surface area (TPSA) is 33.6 Å². The highest BCUT2D eigenvalue weighted by molar-refractivity contribution is 5.87. The van der Waals surface area contributed by atoms with Crippen molar-refractivity contribution < 1.29 is 4.74 Å². The van der Waals surface area contributed by atoms with Gasteiger partial charge in [0.15, 0.2) is 0 Å². The lowest BCUT2D eigenvalue weighted by Gasteiger charge is -2.32. The second kappa shape index (κ2) is 7.04. The zero-order chi connectivity index (χ0) is 17.8. The highest BCUT2D eigenvalue weighted by Gasteiger charge is 2.42. The minimum atomic E-state index is -0.308. The first kappa shape index (κ1) is 16.4. The van der Waals surface area contributed by atoms with E-state index in [0.717, 1.165) is 11.6 Å². The van der Waals surface area contributed by atoms with E-state index in [2.05, 4.69) is 60.8 Å². The van der Waals surface area contributed by atoms with Gasteiger partial charge >= 0.3 is 0 Å². The Kier molecular flexibility index (Phi) is 4.44. The number of ether oxygens (including phenoxy) is 1. The van der Waals surface area contributed by atoms with E-state index in [9.17, 15) is 0 Å². The van der Waals surface area contributed by atoms with Crippen LogP contribution in [0.2, 0.25) is 0 Å². The van der Waals surface area contributed by atoms with Crippen molar-refractivity contribution in [3.8, 4) is 5.75 Å². The smallest absolute Gasteiger partial charge is 0.145 e. The van der Waals surface area contributed by atoms with Crippen LogP contribution >= 0.6 is 0 Å². The first-order valence-electron chi connectivity index (χ1n) is 8.89. The van der Waals surface area contributed by atoms with Crippen LogP contribution in [0.1, 0.15) is 24.1 Å². The fourth-order valence-corrected chi connectivity index (χ4v) is 3.48. The van der Waals surface area contributed by atoms with Crippen molar-refractivity contribution in [2.24, 2.45) is 4.99 Å². The average Bonchev–Trinajstić information content (AvgIpc) is 3.06. The van der Waals surface area contributed by atoms with Crippen molar-refractivity contribution in [3.05, 3.63) is 102 Å². The molecule has 3 heteroatoms. The van der Waals surface area contributed by atoms with Gasteiger partial charge in [0.05, 0.1) is 5.54 Å². The third-order valence-electron chi connectivity index (χ3n) is 4.84. The normalized spacial score (nSPS) is 21.7. The Morgan fingerprint density at radius 3 is 2.08 bits per heavy atom. The number of benzene rings is 3. The number of amidine groups is 1. The highest BCUT2D eigenvalue weighted by atomic mass is 16.5. The molecule has 0 spiro atoms. The second-order valence-corrected chi connectivity index (χ2v) is 6.68. The Morgan fingerprint density at radius 2 is 1.42 bits per heavy atom. The summed E-state index contributed by atoms with van der Waals surface area (Å²) >= 11 is 0. The Bertz CT molecular complexity index is 878. The molecule has 26 heavy (non-hydrogen) atoms. The molecule has 0 saturated heterocycles. The van der Waals surface area contributed by atoms with E-state index in [-0.39, 0.29) is 11.6 Å². The maximum absolute atomic E-state index is 5.91. The Hall–Kier alpha value is -3.07. The van der Waals surface area contributed by atoms with E-state index in [1.54, 1.807) is 0 Å². The van der Waals surface area contributed by atoms with E-state index >= 15 is 0 Å². The lowest BCUT2D eigenvalue weighted by atomic mass is 9.82. The van der Waals surface area contributed by atoms with Crippen molar-refractivity contribution in [3.63, 3.8) is 0 Å². The van der Waals surface area contributed by atoms with Gasteiger partial charge in [0.1, 0.15) is 24.2 Å². The second-order valence-electron chi connectivity index (χ2n) is 6.68. The Labute approximate surface area is 154 Å². The molecule has 130 valence electrons. The molecule has 3 aromatic rings. The van der Waals surface area contributed by atoms with Gasteiger partial charge in [-0.05, 0) is 30.2 Å². The monoisotopic (exact) mass is 342 g/mol. The molecule has 0 aliphatic carbocycles. The molecule has 4 rings (SSSR count). The van der Waals surface area contributed by atoms with E-state index in [0.29, 0.717) is 6.61 Å². The predicted octanol–water partition coefficient (Wildman–Crippen LogP) is 4.72. The molecule has 0 unspecified atom stereocenters. The lowest BCUT2D eigenvalue weighted by Crippen LogP contribution is -2.43. The molecule has 0 saturated carbocycles. The SMILES string of the molecule is C[C@@]1(c2ccccc2)NC(COc2ccccc2)=N[C@@H]1c1ccccc1. The number of rotatable bonds is 5. The highest BCUT2D eigenvalue weighted by Crippen LogP contribution is 2.41. The third kappa shape index (κ3) is 3.21. The van der Waals surface area contributed by atoms with Gasteiger partial charge in [-0.1, -0.05) is 78.9 Å². The van der Waals surface area contributed by atoms with Crippen LogP contribution in [-0.4, -0.2) is 12.4 Å². The first-order valence-corrected chi connectivity index (χ1v) is 8.89. The number of nitrogens with zero attached hydrogens (tertiary/aromatic N) is 1. The summed E-state index contributed by atoms with van der Waals surface area (Å²) in [6.07, 6.45) is 0. The fraction of sp³-hybridized carbons (Fsp3) is 0.174. The summed E-state index contributed by atoms with van der Waals surface area (Å²) in [7, 11) is 0. The number of hydrogen-bond acceptors (Lipinski definition) is 3. The molecule has 3 nitrogen and oxygen atoms in total. The van der Waals surface area contributed by atoms with Crippen molar-refractivity contribution >= 4 is 5.84 Å². The summed E-state index contributed by atoms with van der Waals surface area (Å²) < 4.78 is 5.91. The third-order valence-corrected chi connectivity index (χ3v) is 4.84. The number of aliphatic imine (C=N–C) groups is 1. The summed E-state index contributed by atoms with van der Waals surface area (Å²) in [5.41, 5.74) is 2.10. The lowest BCUT2D eigenvalue weighted by molar-refractivity contribution is 0.359. The molecule has 1 aliphatic heterocycles. The molecule has 0 aromatic heterocycles. The van der Waals surface area contributed by atoms with Crippen LogP contribution in [0.15, 0.2) is 96.0 Å². The van der Waals surface area contributed by atoms with Gasteiger partial charge < -0.3 is 10.1 Å². The standard InChI is InChI=1S/C23H22N2O/c1-23(19-13-7-3-8-14-19)22(18-11-5-2-6-12-18)24-21(25-23)17-26-20-15-9-4-10-16-20/h2-16,22H,17H2,1H3,(H,24,25)/t22-,23+/m1/s1. The van der Waals surface area contributed by atoms with E-state index in [1.807, 2.05) is 42.5 Å². The van der Waals surface area contributed by atoms with Crippen molar-refractivity contribution in [1.29, 1.82) is 0 Å². The van der Waals surface area contributed by atoms with Crippen LogP contribution in [0.5, 0.6) is 5.75 Å². The fourth-order valence-electron chi connectivity index (χ4n) is 3.48. The Balaban J connectivity index is 1.63. The van der Waals surface area contributed by atoms with Crippen molar-refractivity contribution in [1.82, 2.24) is 5.32 Å². The molecule has 1 aliphatic rings. The average molecular weight is 342 g/mol. The molecular formula is C23H22N2O. The van der Waals surface area contributed by atoms with Gasteiger partial charge in [-0.25, -0.2) is 0 Å². The molecule has 0 radical (unpaired) electrons. The van der Waals surface area contributed by atoms with Gasteiger partial charge in [0.25, 0.3) is 0 Å². The van der Waals surface area contributed by atoms with Gasteiger partial charge in [0, 0.05) is 0 Å². The van der Waals surface area contributed by atoms with Gasteiger partial charge in [0.2, 0.25) is 0 Å². The summed E-state index contributed by atoms with van der Waals surface area (Å²) in [5.74, 6) is 1.72. The van der Waals surface area contributed by atoms with Gasteiger partial charge in [-0.2, -0.15) is 0 Å². The number of nitrogens with one attached hydrogen (secondary N) is 1. The van der Waals surface area contributed by atoms with E-state index in [1.165, 1.54) is 11.1 Å². The maximum atomic E-state index is 5.91. The van der Waals surface area contributed by atoms with Crippen LogP contribution in [0.4, 0.5) is 0 Å². The van der Waals surface area contributed by atoms with Crippen molar-refractivity contribution in [2.45, 2.75) is 18.5 Å². The van der Waals surface area contributed by atoms with Crippen LogP contribution in [0, 0.1) is 0 Å². The predicted molar refractivity (Wildman–Crippen MR) is 105 cm³/mol. The van der Waals surface area contributed by atoms with Crippen LogP contribution < -0.4 is 10.1 Å². The number of hydrogen-bond donors (Lipinski definition) is 1. The summed E-state index contributed by atoms with van der Waals surface area (Å²) in [5, 5.41) is 3.63. The summed E-state index contributed by atoms with van der Waals surface area (Å²) in [6, 6.07) is 30.8. The molecule has 1 heterocycles. The molecule has 0 fully saturated rings. The molecule has 2 atom stereocenters. The zero-order valence-corrected chi connectivity index (χ0v) is 14.8. The largest absolute Gasteiger partial charge is 0.486 e. The minimum Gasteiger partial charge on any atom is -0.486 e. The quantitative estimate of drug-likeness (QED) is 0.727. The zero-order valence-electron chi connectivity index (χ0n) is 14.8. The van der Waals surface area contributed by atoms with E-state index in [4.69, 9.17) is 9.73 Å². The first-order chi connectivity index (χ1) is 12.8. The molecule has 3 aromatic carbocycles. The number of para-hydroxylation sites is 1. The Morgan fingerprint density at radius 1 is 0.846 bits per heavy atom. The summed E-state index contributed by atoms with van der Waals surface area (Å²) in [6.45, 7) is 2.63. The van der Waals surface area contributed by atoms with Crippen molar-refractivity contribution in [2.75, 3.05) is 6.61 Å². The molecular weight excluding hydrogens is 320 g/mol. The molecule has 0 amide bonds. The van der Waals surface area contributed by atoms with Gasteiger partial charge in [-0.15, -0.1) is 0 Å². The van der Waals surface area contributed by atoms with E-state index < -0.39 is 0 Å². The van der Waals surface area contributed by atoms with Crippen LogP contribution in [-0.2, 0) is 5.54 Å². The molecule has 1 N–H and O–H groups in total. The van der Waals surface area contributed by atoms with Gasteiger partial charge in [-0.3, -0.25) is 4.99 Å². The minimum absolute atomic E-state index is 0.000438.